The lowest BCUT2D eigenvalue weighted by molar-refractivity contribution is 0.0458. The van der Waals surface area contributed by atoms with Gasteiger partial charge in [0, 0.05) is 18.1 Å². The zero-order chi connectivity index (χ0) is 15.5. The summed E-state index contributed by atoms with van der Waals surface area (Å²) in [6.45, 7) is 6.43. The zero-order valence-electron chi connectivity index (χ0n) is 13.7. The van der Waals surface area contributed by atoms with Gasteiger partial charge in [0.2, 0.25) is 0 Å². The van der Waals surface area contributed by atoms with E-state index in [1.165, 1.54) is 25.7 Å². The van der Waals surface area contributed by atoms with Crippen LogP contribution < -0.4 is 16.4 Å². The van der Waals surface area contributed by atoms with Crippen molar-refractivity contribution < 1.29 is 9.53 Å². The van der Waals surface area contributed by atoms with Crippen LogP contribution in [0, 0.1) is 5.92 Å². The highest BCUT2D eigenvalue weighted by atomic mass is 16.6. The SMILES string of the molecule is CC(C)(C)OC(=O)NC1CC(NC2CCCCC2CN)C1. The number of carbonyl (C=O) groups excluding carboxylic acids is 1. The first-order chi connectivity index (χ1) is 9.87. The third-order valence-electron chi connectivity index (χ3n) is 4.52. The van der Waals surface area contributed by atoms with Crippen LogP contribution in [-0.4, -0.2) is 36.4 Å². The van der Waals surface area contributed by atoms with Crippen molar-refractivity contribution in [2.24, 2.45) is 11.7 Å². The Hall–Kier alpha value is -0.810. The fourth-order valence-corrected chi connectivity index (χ4v) is 3.36. The number of hydrogen-bond acceptors (Lipinski definition) is 4. The fourth-order valence-electron chi connectivity index (χ4n) is 3.36. The highest BCUT2D eigenvalue weighted by Gasteiger charge is 2.34. The fraction of sp³-hybridized carbons (Fsp3) is 0.938. The molecule has 5 nitrogen and oxygen atoms in total. The normalized spacial score (nSPS) is 33.1. The van der Waals surface area contributed by atoms with Gasteiger partial charge in [0.15, 0.2) is 0 Å². The van der Waals surface area contributed by atoms with Crippen LogP contribution in [-0.2, 0) is 4.74 Å². The minimum atomic E-state index is -0.429. The minimum absolute atomic E-state index is 0.247. The Balaban J connectivity index is 1.66. The lowest BCUT2D eigenvalue weighted by Crippen LogP contribution is -2.57. The van der Waals surface area contributed by atoms with E-state index in [1.54, 1.807) is 0 Å². The zero-order valence-corrected chi connectivity index (χ0v) is 13.7. The molecule has 2 atom stereocenters. The van der Waals surface area contributed by atoms with Gasteiger partial charge in [0.05, 0.1) is 0 Å². The van der Waals surface area contributed by atoms with Crippen molar-refractivity contribution in [1.82, 2.24) is 10.6 Å². The van der Waals surface area contributed by atoms with Crippen molar-refractivity contribution in [2.45, 2.75) is 83.0 Å². The molecule has 2 unspecified atom stereocenters. The van der Waals surface area contributed by atoms with Crippen LogP contribution in [0.25, 0.3) is 0 Å². The summed E-state index contributed by atoms with van der Waals surface area (Å²) in [5.41, 5.74) is 5.44. The molecule has 0 bridgehead atoms. The van der Waals surface area contributed by atoms with Crippen LogP contribution in [0.3, 0.4) is 0 Å². The summed E-state index contributed by atoms with van der Waals surface area (Å²) in [4.78, 5) is 11.7. The van der Waals surface area contributed by atoms with Gasteiger partial charge in [-0.25, -0.2) is 4.79 Å². The Morgan fingerprint density at radius 2 is 1.86 bits per heavy atom. The number of alkyl carbamates (subject to hydrolysis) is 1. The van der Waals surface area contributed by atoms with Crippen LogP contribution in [0.1, 0.15) is 59.3 Å². The Labute approximate surface area is 128 Å². The minimum Gasteiger partial charge on any atom is -0.444 e. The van der Waals surface area contributed by atoms with Gasteiger partial charge in [-0.1, -0.05) is 12.8 Å². The molecule has 0 saturated heterocycles. The molecule has 0 radical (unpaired) electrons. The van der Waals surface area contributed by atoms with Gasteiger partial charge in [0.25, 0.3) is 0 Å². The largest absolute Gasteiger partial charge is 0.444 e. The lowest BCUT2D eigenvalue weighted by Gasteiger charge is -2.42. The quantitative estimate of drug-likeness (QED) is 0.743. The Bertz CT molecular complexity index is 348. The molecule has 2 aliphatic rings. The number of rotatable bonds is 4. The maximum absolute atomic E-state index is 11.7. The summed E-state index contributed by atoms with van der Waals surface area (Å²) >= 11 is 0. The number of nitrogens with two attached hydrogens (primary N) is 1. The molecule has 4 N–H and O–H groups in total. The molecular weight excluding hydrogens is 266 g/mol. The molecule has 2 fully saturated rings. The van der Waals surface area contributed by atoms with E-state index in [0.29, 0.717) is 18.0 Å². The van der Waals surface area contributed by atoms with E-state index in [9.17, 15) is 4.79 Å². The summed E-state index contributed by atoms with van der Waals surface area (Å²) in [7, 11) is 0. The summed E-state index contributed by atoms with van der Waals surface area (Å²) in [5, 5.41) is 6.68. The molecule has 0 spiro atoms. The number of hydrogen-bond donors (Lipinski definition) is 3. The van der Waals surface area contributed by atoms with Gasteiger partial charge in [-0.2, -0.15) is 0 Å². The maximum atomic E-state index is 11.7. The number of nitrogens with one attached hydrogen (secondary N) is 2. The van der Waals surface area contributed by atoms with Crippen molar-refractivity contribution in [3.05, 3.63) is 0 Å². The molecule has 0 aromatic rings. The van der Waals surface area contributed by atoms with Crippen molar-refractivity contribution in [2.75, 3.05) is 6.54 Å². The average molecular weight is 297 g/mol. The predicted molar refractivity (Wildman–Crippen MR) is 84.1 cm³/mol. The summed E-state index contributed by atoms with van der Waals surface area (Å²) in [6.07, 6.45) is 6.79. The van der Waals surface area contributed by atoms with Gasteiger partial charge >= 0.3 is 6.09 Å². The van der Waals surface area contributed by atoms with Crippen molar-refractivity contribution in [1.29, 1.82) is 0 Å². The standard InChI is InChI=1S/C16H31N3O2/c1-16(2,3)21-15(20)19-13-8-12(9-13)18-14-7-5-4-6-11(14)10-17/h11-14,18H,4-10,17H2,1-3H3,(H,19,20). The molecule has 0 aliphatic heterocycles. The molecule has 0 aromatic carbocycles. The molecule has 0 heterocycles. The second kappa shape index (κ2) is 6.97. The van der Waals surface area contributed by atoms with E-state index in [2.05, 4.69) is 10.6 Å². The molecule has 5 heteroatoms. The highest BCUT2D eigenvalue weighted by molar-refractivity contribution is 5.68. The first-order valence-electron chi connectivity index (χ1n) is 8.33. The summed E-state index contributed by atoms with van der Waals surface area (Å²) in [5.74, 6) is 0.622. The molecule has 2 saturated carbocycles. The molecule has 2 rings (SSSR count). The number of carbonyl (C=O) groups is 1. The lowest BCUT2D eigenvalue weighted by atomic mass is 9.81. The Morgan fingerprint density at radius 3 is 2.48 bits per heavy atom. The molecule has 2 aliphatic carbocycles. The molecule has 21 heavy (non-hydrogen) atoms. The van der Waals surface area contributed by atoms with Gasteiger partial charge in [0.1, 0.15) is 5.60 Å². The first kappa shape index (κ1) is 16.6. The summed E-state index contributed by atoms with van der Waals surface area (Å²) in [6, 6.07) is 1.33. The predicted octanol–water partition coefficient (Wildman–Crippen LogP) is 2.15. The van der Waals surface area contributed by atoms with Crippen molar-refractivity contribution >= 4 is 6.09 Å². The van der Waals surface area contributed by atoms with Crippen LogP contribution in [0.15, 0.2) is 0 Å². The van der Waals surface area contributed by atoms with Crippen LogP contribution >= 0.6 is 0 Å². The van der Waals surface area contributed by atoms with Gasteiger partial charge in [-0.15, -0.1) is 0 Å². The second-order valence-corrected chi connectivity index (χ2v) is 7.56. The van der Waals surface area contributed by atoms with Gasteiger partial charge in [-0.05, 0) is 58.9 Å². The van der Waals surface area contributed by atoms with E-state index in [-0.39, 0.29) is 12.1 Å². The van der Waals surface area contributed by atoms with Gasteiger partial charge < -0.3 is 21.1 Å². The van der Waals surface area contributed by atoms with E-state index >= 15 is 0 Å². The highest BCUT2D eigenvalue weighted by Crippen LogP contribution is 2.28. The first-order valence-corrected chi connectivity index (χ1v) is 8.33. The monoisotopic (exact) mass is 297 g/mol. The van der Waals surface area contributed by atoms with Crippen LogP contribution in [0.5, 0.6) is 0 Å². The molecule has 1 amide bonds. The van der Waals surface area contributed by atoms with E-state index in [0.717, 1.165) is 19.4 Å². The Morgan fingerprint density at radius 1 is 1.19 bits per heavy atom. The van der Waals surface area contributed by atoms with Crippen LogP contribution in [0.2, 0.25) is 0 Å². The summed E-state index contributed by atoms with van der Waals surface area (Å²) < 4.78 is 5.28. The number of ether oxygens (including phenoxy) is 1. The Kier molecular flexibility index (Phi) is 5.49. The van der Waals surface area contributed by atoms with Gasteiger partial charge in [-0.3, -0.25) is 0 Å². The molecule has 122 valence electrons. The maximum Gasteiger partial charge on any atom is 0.407 e. The third-order valence-corrected chi connectivity index (χ3v) is 4.52. The van der Waals surface area contributed by atoms with E-state index in [1.807, 2.05) is 20.8 Å². The van der Waals surface area contributed by atoms with E-state index in [4.69, 9.17) is 10.5 Å². The van der Waals surface area contributed by atoms with Crippen molar-refractivity contribution in [3.8, 4) is 0 Å². The second-order valence-electron chi connectivity index (χ2n) is 7.56. The van der Waals surface area contributed by atoms with Crippen molar-refractivity contribution in [3.63, 3.8) is 0 Å². The van der Waals surface area contributed by atoms with Crippen LogP contribution in [0.4, 0.5) is 4.79 Å². The number of amides is 1. The third kappa shape index (κ3) is 5.15. The average Bonchev–Trinajstić information content (AvgIpc) is 2.34. The molecule has 0 aromatic heterocycles. The topological polar surface area (TPSA) is 76.4 Å². The smallest absolute Gasteiger partial charge is 0.407 e. The van der Waals surface area contributed by atoms with E-state index < -0.39 is 5.60 Å². The molecular formula is C16H31N3O2.